The van der Waals surface area contributed by atoms with Crippen LogP contribution >= 0.6 is 0 Å². The minimum absolute atomic E-state index is 0.242. The maximum Gasteiger partial charge on any atom is 0.280 e. The molecule has 8 nitrogen and oxygen atoms in total. The van der Waals surface area contributed by atoms with Crippen LogP contribution in [0.5, 0.6) is 0 Å². The number of aromatic nitrogens is 4. The predicted molar refractivity (Wildman–Crippen MR) is 113 cm³/mol. The van der Waals surface area contributed by atoms with E-state index < -0.39 is 12.5 Å². The number of nitrogens with one attached hydrogen (secondary N) is 1. The van der Waals surface area contributed by atoms with E-state index in [4.69, 9.17) is 10.5 Å². The standard InChI is InChI=1S/C21H23F2N7O/c1-10-16-7-25-19(30-8-13-5-14(9-30)31-13)6-15(16)21(29-28-10)26-11(2)17-3-12(24)4-18(27-17)20(22)23/h3-4,6-7,11,13-14,20H,5,8-9H2,1-2H3,(H2,24,27)(H,26,29)/t11-,13?,14?/m1/s1. The smallest absolute Gasteiger partial charge is 0.280 e. The van der Waals surface area contributed by atoms with Crippen molar-refractivity contribution in [3.05, 3.63) is 41.5 Å². The number of ether oxygens (including phenoxy) is 1. The molecule has 3 saturated heterocycles. The van der Waals surface area contributed by atoms with Crippen LogP contribution in [-0.2, 0) is 4.74 Å². The Kier molecular flexibility index (Phi) is 4.81. The van der Waals surface area contributed by atoms with E-state index in [0.29, 0.717) is 11.5 Å². The van der Waals surface area contributed by atoms with Crippen LogP contribution in [0.25, 0.3) is 10.8 Å². The number of rotatable bonds is 5. The van der Waals surface area contributed by atoms with E-state index in [9.17, 15) is 8.78 Å². The second kappa shape index (κ2) is 7.52. The quantitative estimate of drug-likeness (QED) is 0.639. The van der Waals surface area contributed by atoms with E-state index >= 15 is 0 Å². The van der Waals surface area contributed by atoms with Crippen molar-refractivity contribution < 1.29 is 13.5 Å². The van der Waals surface area contributed by atoms with E-state index in [1.807, 2.05) is 19.9 Å². The van der Waals surface area contributed by atoms with Crippen molar-refractivity contribution in [1.82, 2.24) is 20.2 Å². The van der Waals surface area contributed by atoms with Gasteiger partial charge in [0.05, 0.1) is 29.6 Å². The monoisotopic (exact) mass is 427 g/mol. The van der Waals surface area contributed by atoms with E-state index in [1.54, 1.807) is 12.3 Å². The lowest BCUT2D eigenvalue weighted by molar-refractivity contribution is -0.133. The van der Waals surface area contributed by atoms with Gasteiger partial charge >= 0.3 is 0 Å². The van der Waals surface area contributed by atoms with Crippen LogP contribution in [0.3, 0.4) is 0 Å². The highest BCUT2D eigenvalue weighted by Gasteiger charge is 2.38. The van der Waals surface area contributed by atoms with Gasteiger partial charge in [-0.1, -0.05) is 0 Å². The minimum Gasteiger partial charge on any atom is -0.399 e. The number of halogens is 2. The number of pyridine rings is 2. The number of nitrogen functional groups attached to an aromatic ring is 1. The van der Waals surface area contributed by atoms with E-state index in [2.05, 4.69) is 30.4 Å². The molecule has 0 aromatic carbocycles. The van der Waals surface area contributed by atoms with Gasteiger partial charge in [-0.2, -0.15) is 5.10 Å². The van der Waals surface area contributed by atoms with Crippen LogP contribution < -0.4 is 16.0 Å². The molecule has 3 aromatic rings. The molecule has 6 rings (SSSR count). The zero-order valence-electron chi connectivity index (χ0n) is 17.2. The van der Waals surface area contributed by atoms with Crippen LogP contribution in [0.2, 0.25) is 0 Å². The summed E-state index contributed by atoms with van der Waals surface area (Å²) in [6.07, 6.45) is 0.754. The average Bonchev–Trinajstić information content (AvgIpc) is 2.74. The number of hydrogen-bond donors (Lipinski definition) is 2. The van der Waals surface area contributed by atoms with Gasteiger partial charge in [0, 0.05) is 42.2 Å². The van der Waals surface area contributed by atoms with Gasteiger partial charge in [-0.25, -0.2) is 18.7 Å². The number of alkyl halides is 2. The van der Waals surface area contributed by atoms with Crippen molar-refractivity contribution >= 4 is 28.1 Å². The van der Waals surface area contributed by atoms with Crippen LogP contribution in [0.4, 0.5) is 26.1 Å². The summed E-state index contributed by atoms with van der Waals surface area (Å²) < 4.78 is 32.0. The van der Waals surface area contributed by atoms with Crippen molar-refractivity contribution in [3.63, 3.8) is 0 Å². The van der Waals surface area contributed by atoms with Crippen molar-refractivity contribution in [2.75, 3.05) is 29.0 Å². The first kappa shape index (κ1) is 19.8. The van der Waals surface area contributed by atoms with Crippen LogP contribution in [-0.4, -0.2) is 45.5 Å². The molecule has 3 atom stereocenters. The number of morpholine rings is 1. The molecule has 2 unspecified atom stereocenters. The Morgan fingerprint density at radius 3 is 2.55 bits per heavy atom. The van der Waals surface area contributed by atoms with Gasteiger partial charge < -0.3 is 20.7 Å². The van der Waals surface area contributed by atoms with Crippen LogP contribution in [0.1, 0.15) is 42.9 Å². The lowest BCUT2D eigenvalue weighted by Crippen LogP contribution is -2.57. The van der Waals surface area contributed by atoms with Gasteiger partial charge in [-0.05, 0) is 32.0 Å². The Morgan fingerprint density at radius 1 is 1.13 bits per heavy atom. The van der Waals surface area contributed by atoms with Gasteiger partial charge in [-0.15, -0.1) is 5.10 Å². The molecule has 3 aliphatic heterocycles. The van der Waals surface area contributed by atoms with E-state index in [0.717, 1.165) is 41.8 Å². The van der Waals surface area contributed by atoms with Gasteiger partial charge in [0.1, 0.15) is 11.5 Å². The average molecular weight is 427 g/mol. The van der Waals surface area contributed by atoms with Crippen molar-refractivity contribution in [1.29, 1.82) is 0 Å². The number of hydrogen-bond acceptors (Lipinski definition) is 8. The molecule has 2 bridgehead atoms. The lowest BCUT2D eigenvalue weighted by atomic mass is 9.99. The van der Waals surface area contributed by atoms with Crippen LogP contribution in [0, 0.1) is 6.92 Å². The summed E-state index contributed by atoms with van der Waals surface area (Å²) in [7, 11) is 0. The molecule has 3 N–H and O–H groups in total. The number of nitrogens with two attached hydrogens (primary N) is 1. The number of nitrogens with zero attached hydrogens (tertiary/aromatic N) is 5. The van der Waals surface area contributed by atoms with Crippen molar-refractivity contribution in [2.24, 2.45) is 0 Å². The molecule has 0 spiro atoms. The Labute approximate surface area is 177 Å². The topological polar surface area (TPSA) is 102 Å². The maximum atomic E-state index is 13.1. The molecule has 3 fully saturated rings. The summed E-state index contributed by atoms with van der Waals surface area (Å²) in [6, 6.07) is 4.36. The van der Waals surface area contributed by atoms with Gasteiger partial charge in [-0.3, -0.25) is 0 Å². The third-order valence-electron chi connectivity index (χ3n) is 5.82. The minimum atomic E-state index is -2.69. The van der Waals surface area contributed by atoms with E-state index in [-0.39, 0.29) is 23.6 Å². The second-order valence-corrected chi connectivity index (χ2v) is 8.16. The number of anilines is 3. The highest BCUT2D eigenvalue weighted by Crippen LogP contribution is 2.33. The summed E-state index contributed by atoms with van der Waals surface area (Å²) in [5.41, 5.74) is 6.87. The normalized spacial score (nSPS) is 21.3. The Bertz CT molecular complexity index is 1130. The molecule has 3 aromatic heterocycles. The molecule has 31 heavy (non-hydrogen) atoms. The van der Waals surface area contributed by atoms with Crippen molar-refractivity contribution in [3.8, 4) is 0 Å². The molecule has 0 radical (unpaired) electrons. The van der Waals surface area contributed by atoms with Gasteiger partial charge in [0.25, 0.3) is 6.43 Å². The zero-order valence-corrected chi connectivity index (χ0v) is 17.2. The largest absolute Gasteiger partial charge is 0.399 e. The molecule has 10 heteroatoms. The number of fused-ring (bicyclic) bond motifs is 3. The summed E-state index contributed by atoms with van der Waals surface area (Å²) in [4.78, 5) is 10.9. The molecule has 162 valence electrons. The fourth-order valence-electron chi connectivity index (χ4n) is 4.19. The molecule has 6 heterocycles. The third kappa shape index (κ3) is 3.71. The highest BCUT2D eigenvalue weighted by atomic mass is 19.3. The van der Waals surface area contributed by atoms with Crippen molar-refractivity contribution in [2.45, 2.75) is 44.9 Å². The molecule has 3 aliphatic rings. The summed E-state index contributed by atoms with van der Waals surface area (Å²) in [6.45, 7) is 5.33. The summed E-state index contributed by atoms with van der Waals surface area (Å²) in [5.74, 6) is 1.40. The fraction of sp³-hybridized carbons (Fsp3) is 0.429. The first-order valence-electron chi connectivity index (χ1n) is 10.2. The first-order valence-corrected chi connectivity index (χ1v) is 10.2. The summed E-state index contributed by atoms with van der Waals surface area (Å²) in [5, 5.41) is 13.6. The Balaban J connectivity index is 1.48. The predicted octanol–water partition coefficient (Wildman–Crippen LogP) is 3.40. The molecule has 0 saturated carbocycles. The zero-order chi connectivity index (χ0) is 21.7. The summed E-state index contributed by atoms with van der Waals surface area (Å²) >= 11 is 0. The molecular weight excluding hydrogens is 404 g/mol. The second-order valence-electron chi connectivity index (χ2n) is 8.16. The third-order valence-corrected chi connectivity index (χ3v) is 5.82. The van der Waals surface area contributed by atoms with Gasteiger partial charge in [0.2, 0.25) is 0 Å². The Morgan fingerprint density at radius 2 is 1.84 bits per heavy atom. The fourth-order valence-corrected chi connectivity index (χ4v) is 4.19. The van der Waals surface area contributed by atoms with E-state index in [1.165, 1.54) is 6.07 Å². The lowest BCUT2D eigenvalue weighted by Gasteiger charge is -2.47. The molecular formula is C21H23F2N7O. The van der Waals surface area contributed by atoms with Crippen LogP contribution in [0.15, 0.2) is 24.4 Å². The van der Waals surface area contributed by atoms with Gasteiger partial charge in [0.15, 0.2) is 5.82 Å². The number of piperidine rings is 1. The molecule has 0 aliphatic carbocycles. The SMILES string of the molecule is Cc1nnc(N[C@H](C)c2cc(N)cc(C(F)F)n2)c2cc(N3CC4CC(C3)O4)ncc12. The highest BCUT2D eigenvalue weighted by molar-refractivity contribution is 5.94. The maximum absolute atomic E-state index is 13.1. The first-order chi connectivity index (χ1) is 14.9. The molecule has 0 amide bonds. The Hall–Kier alpha value is -3.14. The number of aryl methyl sites for hydroxylation is 1.